The van der Waals surface area contributed by atoms with E-state index >= 15 is 0 Å². The predicted molar refractivity (Wildman–Crippen MR) is 120 cm³/mol. The highest BCUT2D eigenvalue weighted by Gasteiger charge is 2.14. The SMILES string of the molecule is O=C(Cl)C(CCC/C=C/c1ccccc1)CCC/C=C/c1ccc([N+](=O)[O-])cc1. The Labute approximate surface area is 177 Å². The molecule has 0 aliphatic rings. The zero-order chi connectivity index (χ0) is 20.9. The maximum absolute atomic E-state index is 11.7. The molecule has 1 unspecified atom stereocenters. The molecule has 2 rings (SSSR count). The van der Waals surface area contributed by atoms with Crippen LogP contribution in [0.25, 0.3) is 12.2 Å². The van der Waals surface area contributed by atoms with Gasteiger partial charge in [0.05, 0.1) is 4.92 Å². The molecule has 29 heavy (non-hydrogen) atoms. The van der Waals surface area contributed by atoms with E-state index < -0.39 is 4.92 Å². The number of nitro groups is 1. The van der Waals surface area contributed by atoms with E-state index in [-0.39, 0.29) is 16.8 Å². The van der Waals surface area contributed by atoms with Gasteiger partial charge in [0, 0.05) is 18.1 Å². The summed E-state index contributed by atoms with van der Waals surface area (Å²) in [6, 6.07) is 16.6. The van der Waals surface area contributed by atoms with E-state index in [1.54, 1.807) is 12.1 Å². The molecule has 0 aliphatic carbocycles. The van der Waals surface area contributed by atoms with Gasteiger partial charge in [-0.25, -0.2) is 0 Å². The van der Waals surface area contributed by atoms with Crippen LogP contribution in [0.3, 0.4) is 0 Å². The van der Waals surface area contributed by atoms with Gasteiger partial charge in [0.15, 0.2) is 0 Å². The van der Waals surface area contributed by atoms with Crippen LogP contribution in [0.15, 0.2) is 66.7 Å². The van der Waals surface area contributed by atoms with E-state index in [4.69, 9.17) is 11.6 Å². The van der Waals surface area contributed by atoms with Crippen molar-refractivity contribution in [3.05, 3.63) is 88.0 Å². The Morgan fingerprint density at radius 3 is 1.90 bits per heavy atom. The molecule has 0 saturated heterocycles. The van der Waals surface area contributed by atoms with Gasteiger partial charge in [0.2, 0.25) is 5.24 Å². The molecule has 0 radical (unpaired) electrons. The predicted octanol–water partition coefficient (Wildman–Crippen LogP) is 7.04. The quantitative estimate of drug-likeness (QED) is 0.163. The molecule has 0 saturated carbocycles. The van der Waals surface area contributed by atoms with Gasteiger partial charge in [-0.2, -0.15) is 0 Å². The van der Waals surface area contributed by atoms with Crippen molar-refractivity contribution in [2.45, 2.75) is 38.5 Å². The smallest absolute Gasteiger partial charge is 0.269 e. The van der Waals surface area contributed by atoms with Gasteiger partial charge in [-0.15, -0.1) is 0 Å². The van der Waals surface area contributed by atoms with E-state index in [0.717, 1.165) is 44.1 Å². The lowest BCUT2D eigenvalue weighted by molar-refractivity contribution is -0.384. The fourth-order valence-corrected chi connectivity index (χ4v) is 3.26. The number of hydrogen-bond donors (Lipinski definition) is 0. The standard InChI is InChI=1S/C24H26ClNO3/c25-24(27)22(14-8-2-6-12-20-10-4-1-5-11-20)15-9-3-7-13-21-16-18-23(19-17-21)26(28)29/h1,4-7,10-13,16-19,22H,2-3,8-9,14-15H2/b12-6+,13-7+. The maximum atomic E-state index is 11.7. The first kappa shape index (κ1) is 22.6. The van der Waals surface area contributed by atoms with Gasteiger partial charge in [-0.3, -0.25) is 14.9 Å². The maximum Gasteiger partial charge on any atom is 0.269 e. The average molecular weight is 412 g/mol. The number of hydrogen-bond acceptors (Lipinski definition) is 3. The molecule has 0 fully saturated rings. The minimum Gasteiger partial charge on any atom is -0.281 e. The first-order chi connectivity index (χ1) is 14.1. The van der Waals surface area contributed by atoms with Crippen LogP contribution in [0.5, 0.6) is 0 Å². The minimum absolute atomic E-state index is 0.0873. The third kappa shape index (κ3) is 8.88. The van der Waals surface area contributed by atoms with Crippen LogP contribution in [-0.4, -0.2) is 10.2 Å². The van der Waals surface area contributed by atoms with E-state index in [0.29, 0.717) is 0 Å². The van der Waals surface area contributed by atoms with E-state index in [2.05, 4.69) is 24.3 Å². The van der Waals surface area contributed by atoms with Crippen LogP contribution in [0.4, 0.5) is 5.69 Å². The molecule has 152 valence electrons. The summed E-state index contributed by atoms with van der Waals surface area (Å²) in [7, 11) is 0. The number of non-ortho nitro benzene ring substituents is 1. The van der Waals surface area contributed by atoms with Crippen LogP contribution in [0, 0.1) is 16.0 Å². The second kappa shape index (κ2) is 12.7. The number of nitrogens with zero attached hydrogens (tertiary/aromatic N) is 1. The van der Waals surface area contributed by atoms with Crippen LogP contribution in [-0.2, 0) is 4.79 Å². The lowest BCUT2D eigenvalue weighted by Crippen LogP contribution is -2.08. The first-order valence-corrected chi connectivity index (χ1v) is 10.3. The molecule has 0 amide bonds. The fourth-order valence-electron chi connectivity index (χ4n) is 3.05. The van der Waals surface area contributed by atoms with Gasteiger partial charge >= 0.3 is 0 Å². The Morgan fingerprint density at radius 1 is 0.897 bits per heavy atom. The number of rotatable bonds is 12. The molecule has 0 aliphatic heterocycles. The lowest BCUT2D eigenvalue weighted by Gasteiger charge is -2.10. The van der Waals surface area contributed by atoms with E-state index in [1.807, 2.05) is 30.4 Å². The first-order valence-electron chi connectivity index (χ1n) is 9.88. The summed E-state index contributed by atoms with van der Waals surface area (Å²) in [5.41, 5.74) is 2.19. The topological polar surface area (TPSA) is 60.2 Å². The summed E-state index contributed by atoms with van der Waals surface area (Å²) in [6.45, 7) is 0. The highest BCUT2D eigenvalue weighted by Crippen LogP contribution is 2.20. The summed E-state index contributed by atoms with van der Waals surface area (Å²) >= 11 is 5.77. The van der Waals surface area contributed by atoms with Gasteiger partial charge in [-0.1, -0.05) is 54.6 Å². The van der Waals surface area contributed by atoms with Gasteiger partial charge < -0.3 is 0 Å². The third-order valence-electron chi connectivity index (χ3n) is 4.69. The Bertz CT molecular complexity index is 829. The molecule has 1 atom stereocenters. The molecular weight excluding hydrogens is 386 g/mol. The summed E-state index contributed by atoms with van der Waals surface area (Å²) in [4.78, 5) is 21.9. The Balaban J connectivity index is 1.67. The summed E-state index contributed by atoms with van der Waals surface area (Å²) in [5.74, 6) is -0.102. The highest BCUT2D eigenvalue weighted by atomic mass is 35.5. The summed E-state index contributed by atoms with van der Waals surface area (Å²) < 4.78 is 0. The number of nitro benzene ring substituents is 1. The fraction of sp³-hybridized carbons (Fsp3) is 0.292. The Morgan fingerprint density at radius 2 is 1.41 bits per heavy atom. The van der Waals surface area contributed by atoms with Crippen LogP contribution < -0.4 is 0 Å². The molecule has 2 aromatic rings. The number of halogens is 1. The van der Waals surface area contributed by atoms with Crippen LogP contribution >= 0.6 is 11.6 Å². The van der Waals surface area contributed by atoms with Gasteiger partial charge in [0.1, 0.15) is 0 Å². The number of allylic oxidation sites excluding steroid dienone is 2. The Kier molecular flexibility index (Phi) is 9.87. The van der Waals surface area contributed by atoms with Crippen molar-refractivity contribution in [3.8, 4) is 0 Å². The highest BCUT2D eigenvalue weighted by molar-refractivity contribution is 6.63. The third-order valence-corrected chi connectivity index (χ3v) is 5.00. The van der Waals surface area contributed by atoms with Crippen molar-refractivity contribution in [1.82, 2.24) is 0 Å². The van der Waals surface area contributed by atoms with Gasteiger partial charge in [0.25, 0.3) is 5.69 Å². The number of carbonyl (C=O) groups excluding carboxylic acids is 1. The summed E-state index contributed by atoms with van der Waals surface area (Å²) in [6.07, 6.45) is 13.4. The van der Waals surface area contributed by atoms with Gasteiger partial charge in [-0.05, 0) is 73.4 Å². The van der Waals surface area contributed by atoms with Crippen molar-refractivity contribution in [3.63, 3.8) is 0 Å². The number of carbonyl (C=O) groups is 1. The van der Waals surface area contributed by atoms with Crippen molar-refractivity contribution in [2.24, 2.45) is 5.92 Å². The van der Waals surface area contributed by atoms with Crippen molar-refractivity contribution >= 4 is 34.7 Å². The normalized spacial score (nSPS) is 12.4. The second-order valence-electron chi connectivity index (χ2n) is 6.93. The van der Waals surface area contributed by atoms with Crippen LogP contribution in [0.1, 0.15) is 49.7 Å². The molecule has 0 spiro atoms. The van der Waals surface area contributed by atoms with Crippen molar-refractivity contribution in [2.75, 3.05) is 0 Å². The minimum atomic E-state index is -0.408. The Hall–Kier alpha value is -2.72. The zero-order valence-corrected chi connectivity index (χ0v) is 17.1. The molecule has 5 heteroatoms. The zero-order valence-electron chi connectivity index (χ0n) is 16.4. The average Bonchev–Trinajstić information content (AvgIpc) is 2.72. The largest absolute Gasteiger partial charge is 0.281 e. The lowest BCUT2D eigenvalue weighted by atomic mass is 9.96. The molecule has 0 heterocycles. The number of unbranched alkanes of at least 4 members (excludes halogenated alkanes) is 2. The monoisotopic (exact) mass is 411 g/mol. The van der Waals surface area contributed by atoms with E-state index in [9.17, 15) is 14.9 Å². The number of benzene rings is 2. The molecule has 0 bridgehead atoms. The summed E-state index contributed by atoms with van der Waals surface area (Å²) in [5, 5.41) is 10.4. The van der Waals surface area contributed by atoms with Crippen LogP contribution in [0.2, 0.25) is 0 Å². The second-order valence-corrected chi connectivity index (χ2v) is 7.30. The molecule has 0 aromatic heterocycles. The molecular formula is C24H26ClNO3. The van der Waals surface area contributed by atoms with Crippen molar-refractivity contribution in [1.29, 1.82) is 0 Å². The molecule has 2 aromatic carbocycles. The molecule has 0 N–H and O–H groups in total. The van der Waals surface area contributed by atoms with E-state index in [1.165, 1.54) is 17.7 Å². The van der Waals surface area contributed by atoms with Crippen molar-refractivity contribution < 1.29 is 9.72 Å². The molecule has 4 nitrogen and oxygen atoms in total.